The van der Waals surface area contributed by atoms with E-state index in [1.807, 2.05) is 6.07 Å². The molecule has 2 aromatic carbocycles. The van der Waals surface area contributed by atoms with Gasteiger partial charge < -0.3 is 2.85 Å². The molecule has 94 valence electrons. The van der Waals surface area contributed by atoms with E-state index in [1.54, 1.807) is 48.5 Å². The third-order valence-corrected chi connectivity index (χ3v) is 2.84. The Morgan fingerprint density at radius 1 is 0.842 bits per heavy atom. The molecule has 0 aliphatic heterocycles. The van der Waals surface area contributed by atoms with E-state index in [-0.39, 0.29) is 43.9 Å². The fourth-order valence-corrected chi connectivity index (χ4v) is 1.74. The van der Waals surface area contributed by atoms with Gasteiger partial charge >= 0.3 is 23.1 Å². The Balaban J connectivity index is 0. The summed E-state index contributed by atoms with van der Waals surface area (Å²) in [5, 5.41) is 0.570. The molecule has 0 aliphatic rings. The van der Waals surface area contributed by atoms with Crippen molar-refractivity contribution in [3.63, 3.8) is 0 Å². The van der Waals surface area contributed by atoms with E-state index in [1.165, 1.54) is 0 Å². The summed E-state index contributed by atoms with van der Waals surface area (Å²) in [7, 11) is 0. The molecular formula is C15H13ClMgO2. The number of hydrogen-bond acceptors (Lipinski definition) is 2. The average Bonchev–Trinajstić information content (AvgIpc) is 2.40. The molecule has 0 saturated carbocycles. The Labute approximate surface area is 135 Å². The summed E-state index contributed by atoms with van der Waals surface area (Å²) in [6, 6.07) is 15.3. The maximum atomic E-state index is 11.9. The summed E-state index contributed by atoms with van der Waals surface area (Å²) in [6.45, 7) is 0. The monoisotopic (exact) mass is 284 g/mol. The van der Waals surface area contributed by atoms with E-state index in [4.69, 9.17) is 11.6 Å². The van der Waals surface area contributed by atoms with E-state index in [0.29, 0.717) is 16.1 Å². The Hall–Kier alpha value is -1.16. The molecule has 0 spiro atoms. The molecule has 0 bridgehead atoms. The molecule has 19 heavy (non-hydrogen) atoms. The van der Waals surface area contributed by atoms with Gasteiger partial charge in [0.2, 0.25) is 0 Å². The van der Waals surface area contributed by atoms with E-state index in [0.717, 1.165) is 0 Å². The van der Waals surface area contributed by atoms with Gasteiger partial charge in [-0.15, -0.1) is 0 Å². The largest absolute Gasteiger partial charge is 2.00 e. The number of halogens is 1. The average molecular weight is 285 g/mol. The van der Waals surface area contributed by atoms with Crippen molar-refractivity contribution in [2.45, 2.75) is 6.42 Å². The molecule has 2 nitrogen and oxygen atoms in total. The van der Waals surface area contributed by atoms with Crippen molar-refractivity contribution in [3.05, 3.63) is 70.7 Å². The molecule has 2 aromatic rings. The minimum atomic E-state index is -0.194. The maximum Gasteiger partial charge on any atom is 2.00 e. The van der Waals surface area contributed by atoms with Gasteiger partial charge in [0.15, 0.2) is 11.6 Å². The molecule has 0 amide bonds. The molecule has 0 atom stereocenters. The number of benzene rings is 2. The van der Waals surface area contributed by atoms with Gasteiger partial charge in [0, 0.05) is 16.1 Å². The van der Waals surface area contributed by atoms with Crippen LogP contribution in [0.4, 0.5) is 0 Å². The zero-order valence-electron chi connectivity index (χ0n) is 12.3. The molecule has 0 aromatic heterocycles. The van der Waals surface area contributed by atoms with E-state index in [9.17, 15) is 9.59 Å². The third-order valence-electron chi connectivity index (χ3n) is 2.58. The van der Waals surface area contributed by atoms with Crippen molar-refractivity contribution in [1.82, 2.24) is 0 Å². The third kappa shape index (κ3) is 4.46. The summed E-state index contributed by atoms with van der Waals surface area (Å²) in [6.07, 6.45) is -0.119. The van der Waals surface area contributed by atoms with Crippen LogP contribution in [-0.2, 0) is 0 Å². The first kappa shape index (κ1) is 15.9. The first-order chi connectivity index (χ1) is 8.66. The van der Waals surface area contributed by atoms with Crippen LogP contribution < -0.4 is 0 Å². The number of carbonyl (C=O) groups excluding carboxylic acids is 2. The van der Waals surface area contributed by atoms with Crippen molar-refractivity contribution >= 4 is 46.2 Å². The van der Waals surface area contributed by atoms with Crippen LogP contribution >= 0.6 is 11.6 Å². The number of ketones is 2. The quantitative estimate of drug-likeness (QED) is 0.488. The van der Waals surface area contributed by atoms with Crippen LogP contribution in [0.1, 0.15) is 30.0 Å². The maximum absolute atomic E-state index is 11.9. The van der Waals surface area contributed by atoms with Crippen LogP contribution in [0.15, 0.2) is 54.6 Å². The van der Waals surface area contributed by atoms with Gasteiger partial charge in [-0.1, -0.05) is 41.9 Å². The van der Waals surface area contributed by atoms with Crippen molar-refractivity contribution in [3.8, 4) is 0 Å². The predicted octanol–water partition coefficient (Wildman–Crippen LogP) is 3.64. The summed E-state index contributed by atoms with van der Waals surface area (Å²) in [5.41, 5.74) is 1.06. The Bertz CT molecular complexity index is 574. The van der Waals surface area contributed by atoms with E-state index in [2.05, 4.69) is 0 Å². The molecule has 0 aliphatic carbocycles. The van der Waals surface area contributed by atoms with Crippen molar-refractivity contribution in [1.29, 1.82) is 0 Å². The SMILES string of the molecule is O=C(CC(=O)c1ccc(Cl)cc1)c1ccccc1.[H-].[H-].[Mg+2]. The summed E-state index contributed by atoms with van der Waals surface area (Å²) in [5.74, 6) is -0.365. The van der Waals surface area contributed by atoms with Gasteiger partial charge in [0.1, 0.15) is 0 Å². The minimum absolute atomic E-state index is 0. The van der Waals surface area contributed by atoms with E-state index >= 15 is 0 Å². The summed E-state index contributed by atoms with van der Waals surface area (Å²) in [4.78, 5) is 23.7. The van der Waals surface area contributed by atoms with Crippen LogP contribution in [0, 0.1) is 0 Å². The van der Waals surface area contributed by atoms with Gasteiger partial charge in [-0.3, -0.25) is 9.59 Å². The van der Waals surface area contributed by atoms with Crippen LogP contribution in [0.5, 0.6) is 0 Å². The van der Waals surface area contributed by atoms with Crippen molar-refractivity contribution < 1.29 is 12.4 Å². The van der Waals surface area contributed by atoms with Crippen LogP contribution in [0.25, 0.3) is 0 Å². The standard InChI is InChI=1S/C15H11ClO2.Mg.2H/c16-13-8-6-12(7-9-13)15(18)10-14(17)11-4-2-1-3-5-11;;;/h1-9H,10H2;;;/q;+2;2*-1. The van der Waals surface area contributed by atoms with Crippen LogP contribution in [-0.4, -0.2) is 34.6 Å². The second-order valence-electron chi connectivity index (χ2n) is 3.90. The van der Waals surface area contributed by atoms with Gasteiger partial charge in [-0.25, -0.2) is 0 Å². The fraction of sp³-hybridized carbons (Fsp3) is 0.0667. The summed E-state index contributed by atoms with van der Waals surface area (Å²) >= 11 is 5.74. The summed E-state index contributed by atoms with van der Waals surface area (Å²) < 4.78 is 0. The van der Waals surface area contributed by atoms with Gasteiger partial charge in [-0.05, 0) is 24.3 Å². The molecular weight excluding hydrogens is 272 g/mol. The topological polar surface area (TPSA) is 34.1 Å². The minimum Gasteiger partial charge on any atom is -1.00 e. The number of Topliss-reactive ketones (excluding diaryl/α,β-unsaturated/α-hetero) is 2. The van der Waals surface area contributed by atoms with Crippen LogP contribution in [0.3, 0.4) is 0 Å². The Morgan fingerprint density at radius 2 is 1.32 bits per heavy atom. The number of hydrogen-bond donors (Lipinski definition) is 0. The Kier molecular flexibility index (Phi) is 6.22. The van der Waals surface area contributed by atoms with Gasteiger partial charge in [0.05, 0.1) is 6.42 Å². The second-order valence-corrected chi connectivity index (χ2v) is 4.33. The van der Waals surface area contributed by atoms with Gasteiger partial charge in [0.25, 0.3) is 0 Å². The van der Waals surface area contributed by atoms with Crippen molar-refractivity contribution in [2.75, 3.05) is 0 Å². The molecule has 0 unspecified atom stereocenters. The first-order valence-corrected chi connectivity index (χ1v) is 5.91. The Morgan fingerprint density at radius 3 is 1.84 bits per heavy atom. The molecule has 0 radical (unpaired) electrons. The number of rotatable bonds is 4. The van der Waals surface area contributed by atoms with Crippen molar-refractivity contribution in [2.24, 2.45) is 0 Å². The van der Waals surface area contributed by atoms with Crippen LogP contribution in [0.2, 0.25) is 5.02 Å². The molecule has 2 rings (SSSR count). The van der Waals surface area contributed by atoms with Gasteiger partial charge in [-0.2, -0.15) is 0 Å². The zero-order valence-corrected chi connectivity index (χ0v) is 12.5. The molecule has 0 N–H and O–H groups in total. The molecule has 0 saturated heterocycles. The smallest absolute Gasteiger partial charge is 1.00 e. The number of carbonyl (C=O) groups is 2. The fourth-order valence-electron chi connectivity index (χ4n) is 1.61. The zero-order chi connectivity index (χ0) is 13.0. The first-order valence-electron chi connectivity index (χ1n) is 5.54. The van der Waals surface area contributed by atoms with E-state index < -0.39 is 0 Å². The molecule has 0 fully saturated rings. The molecule has 4 heteroatoms. The normalized spacial score (nSPS) is 9.53. The second kappa shape index (κ2) is 7.43. The predicted molar refractivity (Wildman–Crippen MR) is 79.2 cm³/mol. The molecule has 0 heterocycles.